The summed E-state index contributed by atoms with van der Waals surface area (Å²) in [6.07, 6.45) is 5.45. The van der Waals surface area contributed by atoms with Crippen LogP contribution in [0.5, 0.6) is 0 Å². The van der Waals surface area contributed by atoms with Crippen LogP contribution < -0.4 is 10.6 Å². The Morgan fingerprint density at radius 1 is 1.36 bits per heavy atom. The number of hydrogen-bond donors (Lipinski definition) is 2. The third kappa shape index (κ3) is 3.92. The van der Waals surface area contributed by atoms with Crippen molar-refractivity contribution in [1.82, 2.24) is 25.4 Å². The second-order valence-corrected chi connectivity index (χ2v) is 5.67. The second kappa shape index (κ2) is 7.17. The van der Waals surface area contributed by atoms with Crippen molar-refractivity contribution >= 4 is 5.91 Å². The Hall–Kier alpha value is -2.21. The van der Waals surface area contributed by atoms with Crippen molar-refractivity contribution in [3.63, 3.8) is 0 Å². The fraction of sp³-hybridized carbons (Fsp3) is 0.438. The minimum atomic E-state index is -0.0470. The summed E-state index contributed by atoms with van der Waals surface area (Å²) in [5.41, 5.74) is 2.00. The van der Waals surface area contributed by atoms with Crippen molar-refractivity contribution in [2.45, 2.75) is 19.4 Å². The highest BCUT2D eigenvalue weighted by molar-refractivity contribution is 5.94. The molecule has 1 fully saturated rings. The number of nitrogens with zero attached hydrogens (tertiary/aromatic N) is 3. The SMILES string of the molecule is O=C(NCCn1cncn1)c1ccc(CC2CCNC2)cc1. The predicted octanol–water partition coefficient (Wildman–Crippen LogP) is 0.860. The molecular formula is C16H21N5O. The molecule has 0 bridgehead atoms. The van der Waals surface area contributed by atoms with Gasteiger partial charge in [-0.15, -0.1) is 0 Å². The molecule has 1 amide bonds. The Kier molecular flexibility index (Phi) is 4.80. The van der Waals surface area contributed by atoms with Crippen LogP contribution in [0.2, 0.25) is 0 Å². The van der Waals surface area contributed by atoms with Crippen LogP contribution in [0.1, 0.15) is 22.3 Å². The maximum atomic E-state index is 12.1. The Balaban J connectivity index is 1.47. The van der Waals surface area contributed by atoms with E-state index in [0.29, 0.717) is 18.7 Å². The number of carbonyl (C=O) groups is 1. The number of hydrogen-bond acceptors (Lipinski definition) is 4. The van der Waals surface area contributed by atoms with Crippen molar-refractivity contribution in [1.29, 1.82) is 0 Å². The fourth-order valence-corrected chi connectivity index (χ4v) is 2.75. The van der Waals surface area contributed by atoms with Crippen LogP contribution >= 0.6 is 0 Å². The van der Waals surface area contributed by atoms with Gasteiger partial charge in [0.25, 0.3) is 5.91 Å². The number of benzene rings is 1. The molecule has 3 rings (SSSR count). The van der Waals surface area contributed by atoms with Gasteiger partial charge in [-0.25, -0.2) is 4.98 Å². The molecule has 0 saturated carbocycles. The summed E-state index contributed by atoms with van der Waals surface area (Å²) in [6.45, 7) is 3.39. The van der Waals surface area contributed by atoms with Crippen LogP contribution in [0.4, 0.5) is 0 Å². The van der Waals surface area contributed by atoms with E-state index in [1.165, 1.54) is 18.3 Å². The van der Waals surface area contributed by atoms with Crippen LogP contribution in [0.25, 0.3) is 0 Å². The lowest BCUT2D eigenvalue weighted by Crippen LogP contribution is -2.27. The molecule has 0 spiro atoms. The summed E-state index contributed by atoms with van der Waals surface area (Å²) in [5.74, 6) is 0.677. The van der Waals surface area contributed by atoms with Crippen LogP contribution in [0.15, 0.2) is 36.9 Å². The topological polar surface area (TPSA) is 71.8 Å². The first kappa shape index (κ1) is 14.7. The first-order valence-corrected chi connectivity index (χ1v) is 7.71. The Morgan fingerprint density at radius 3 is 2.91 bits per heavy atom. The number of nitrogens with one attached hydrogen (secondary N) is 2. The van der Waals surface area contributed by atoms with Gasteiger partial charge in [0.2, 0.25) is 0 Å². The lowest BCUT2D eigenvalue weighted by Gasteiger charge is -2.09. The van der Waals surface area contributed by atoms with Crippen molar-refractivity contribution in [2.24, 2.45) is 5.92 Å². The van der Waals surface area contributed by atoms with Gasteiger partial charge < -0.3 is 10.6 Å². The molecule has 6 nitrogen and oxygen atoms in total. The zero-order chi connectivity index (χ0) is 15.2. The highest BCUT2D eigenvalue weighted by atomic mass is 16.1. The highest BCUT2D eigenvalue weighted by Gasteiger charge is 2.15. The van der Waals surface area contributed by atoms with E-state index in [0.717, 1.165) is 25.4 Å². The molecule has 2 aromatic rings. The third-order valence-electron chi connectivity index (χ3n) is 4.00. The van der Waals surface area contributed by atoms with E-state index >= 15 is 0 Å². The molecule has 1 unspecified atom stereocenters. The maximum absolute atomic E-state index is 12.1. The molecule has 1 aromatic carbocycles. The number of amides is 1. The van der Waals surface area contributed by atoms with E-state index in [4.69, 9.17) is 0 Å². The van der Waals surface area contributed by atoms with E-state index < -0.39 is 0 Å². The van der Waals surface area contributed by atoms with Crippen LogP contribution in [-0.4, -0.2) is 40.3 Å². The van der Waals surface area contributed by atoms with Gasteiger partial charge in [0.15, 0.2) is 0 Å². The number of aromatic nitrogens is 3. The van der Waals surface area contributed by atoms with E-state index in [1.54, 1.807) is 11.0 Å². The first-order valence-electron chi connectivity index (χ1n) is 7.71. The van der Waals surface area contributed by atoms with Gasteiger partial charge in [-0.1, -0.05) is 12.1 Å². The molecule has 0 radical (unpaired) electrons. The molecule has 6 heteroatoms. The summed E-state index contributed by atoms with van der Waals surface area (Å²) in [6, 6.07) is 7.93. The van der Waals surface area contributed by atoms with Gasteiger partial charge >= 0.3 is 0 Å². The largest absolute Gasteiger partial charge is 0.350 e. The lowest BCUT2D eigenvalue weighted by molar-refractivity contribution is 0.0952. The minimum Gasteiger partial charge on any atom is -0.350 e. The van der Waals surface area contributed by atoms with Gasteiger partial charge in [-0.05, 0) is 49.5 Å². The summed E-state index contributed by atoms with van der Waals surface area (Å²) >= 11 is 0. The average Bonchev–Trinajstić information content (AvgIpc) is 3.21. The summed E-state index contributed by atoms with van der Waals surface area (Å²) in [4.78, 5) is 15.9. The lowest BCUT2D eigenvalue weighted by atomic mass is 9.98. The normalized spacial score (nSPS) is 17.5. The molecule has 116 valence electrons. The van der Waals surface area contributed by atoms with Crippen molar-refractivity contribution < 1.29 is 4.79 Å². The van der Waals surface area contributed by atoms with Crippen LogP contribution in [0, 0.1) is 5.92 Å². The third-order valence-corrected chi connectivity index (χ3v) is 4.00. The van der Waals surface area contributed by atoms with Gasteiger partial charge in [0, 0.05) is 12.1 Å². The molecule has 0 aliphatic carbocycles. The maximum Gasteiger partial charge on any atom is 0.251 e. The molecule has 22 heavy (non-hydrogen) atoms. The van der Waals surface area contributed by atoms with E-state index in [2.05, 4.69) is 32.8 Å². The molecular weight excluding hydrogens is 278 g/mol. The first-order chi connectivity index (χ1) is 10.8. The second-order valence-electron chi connectivity index (χ2n) is 5.67. The van der Waals surface area contributed by atoms with E-state index in [1.807, 2.05) is 12.1 Å². The smallest absolute Gasteiger partial charge is 0.251 e. The standard InChI is InChI=1S/C16H21N5O/c22-16(19-7-8-21-12-18-11-20-21)15-3-1-13(2-4-15)9-14-5-6-17-10-14/h1-4,11-12,14,17H,5-10H2,(H,19,22). The number of rotatable bonds is 6. The quantitative estimate of drug-likeness (QED) is 0.830. The van der Waals surface area contributed by atoms with Crippen molar-refractivity contribution in [3.05, 3.63) is 48.0 Å². The molecule has 1 saturated heterocycles. The minimum absolute atomic E-state index is 0.0470. The molecule has 2 N–H and O–H groups in total. The zero-order valence-electron chi connectivity index (χ0n) is 12.5. The average molecular weight is 299 g/mol. The van der Waals surface area contributed by atoms with Gasteiger partial charge in [-0.3, -0.25) is 9.48 Å². The van der Waals surface area contributed by atoms with Crippen molar-refractivity contribution in [3.8, 4) is 0 Å². The van der Waals surface area contributed by atoms with Gasteiger partial charge in [-0.2, -0.15) is 5.10 Å². The molecule has 2 heterocycles. The molecule has 1 aliphatic heterocycles. The van der Waals surface area contributed by atoms with Crippen LogP contribution in [0.3, 0.4) is 0 Å². The highest BCUT2D eigenvalue weighted by Crippen LogP contribution is 2.15. The van der Waals surface area contributed by atoms with Crippen LogP contribution in [-0.2, 0) is 13.0 Å². The van der Waals surface area contributed by atoms with Crippen molar-refractivity contribution in [2.75, 3.05) is 19.6 Å². The monoisotopic (exact) mass is 299 g/mol. The van der Waals surface area contributed by atoms with E-state index in [9.17, 15) is 4.79 Å². The predicted molar refractivity (Wildman–Crippen MR) is 83.5 cm³/mol. The Bertz CT molecular complexity index is 588. The van der Waals surface area contributed by atoms with Gasteiger partial charge in [0.05, 0.1) is 6.54 Å². The molecule has 1 aromatic heterocycles. The fourth-order valence-electron chi connectivity index (χ4n) is 2.75. The summed E-state index contributed by atoms with van der Waals surface area (Å²) < 4.78 is 1.69. The zero-order valence-corrected chi connectivity index (χ0v) is 12.5. The van der Waals surface area contributed by atoms with E-state index in [-0.39, 0.29) is 5.91 Å². The molecule has 1 atom stereocenters. The Labute approximate surface area is 129 Å². The molecule has 1 aliphatic rings. The summed E-state index contributed by atoms with van der Waals surface area (Å²) in [7, 11) is 0. The number of carbonyl (C=O) groups excluding carboxylic acids is 1. The Morgan fingerprint density at radius 2 is 2.23 bits per heavy atom. The van der Waals surface area contributed by atoms with Gasteiger partial charge in [0.1, 0.15) is 12.7 Å². The summed E-state index contributed by atoms with van der Waals surface area (Å²) in [5, 5.41) is 10.3.